The van der Waals surface area contributed by atoms with Gasteiger partial charge >= 0.3 is 12.1 Å². The van der Waals surface area contributed by atoms with Crippen molar-refractivity contribution >= 4 is 18.0 Å². The normalized spacial score (nSPS) is 14.1. The SMILES string of the molecule is COC(CNC(=O)OCC1c2ccccc2-c2ccccc21)CC(=O)N[C@@H](C)CC(=O)O. The molecule has 1 aliphatic rings. The Labute approximate surface area is 186 Å². The molecule has 0 aromatic heterocycles. The smallest absolute Gasteiger partial charge is 0.407 e. The van der Waals surface area contributed by atoms with E-state index in [2.05, 4.69) is 22.8 Å². The number of rotatable bonds is 10. The first-order valence-electron chi connectivity index (χ1n) is 10.5. The summed E-state index contributed by atoms with van der Waals surface area (Å²) in [5.41, 5.74) is 4.56. The van der Waals surface area contributed by atoms with Crippen LogP contribution in [0.25, 0.3) is 11.1 Å². The van der Waals surface area contributed by atoms with Crippen LogP contribution in [-0.2, 0) is 19.1 Å². The molecule has 8 heteroatoms. The molecule has 0 aliphatic heterocycles. The van der Waals surface area contributed by atoms with Gasteiger partial charge in [0.25, 0.3) is 0 Å². The Morgan fingerprint density at radius 1 is 1.00 bits per heavy atom. The largest absolute Gasteiger partial charge is 0.481 e. The lowest BCUT2D eigenvalue weighted by Crippen LogP contribution is -2.40. The summed E-state index contributed by atoms with van der Waals surface area (Å²) < 4.78 is 10.7. The molecular formula is C24H28N2O6. The molecule has 170 valence electrons. The summed E-state index contributed by atoms with van der Waals surface area (Å²) in [6.07, 6.45) is -1.33. The quantitative estimate of drug-likeness (QED) is 0.524. The average molecular weight is 440 g/mol. The van der Waals surface area contributed by atoms with Crippen molar-refractivity contribution in [2.45, 2.75) is 37.8 Å². The maximum absolute atomic E-state index is 12.3. The van der Waals surface area contributed by atoms with E-state index in [9.17, 15) is 14.4 Å². The first kappa shape index (κ1) is 23.3. The van der Waals surface area contributed by atoms with E-state index < -0.39 is 24.2 Å². The summed E-state index contributed by atoms with van der Waals surface area (Å²) in [6.45, 7) is 1.90. The van der Waals surface area contributed by atoms with E-state index in [4.69, 9.17) is 14.6 Å². The number of amides is 2. The number of carbonyl (C=O) groups is 3. The number of hydrogen-bond acceptors (Lipinski definition) is 5. The fourth-order valence-corrected chi connectivity index (χ4v) is 3.94. The van der Waals surface area contributed by atoms with Crippen molar-refractivity contribution in [3.05, 3.63) is 59.7 Å². The van der Waals surface area contributed by atoms with Gasteiger partial charge in [0.1, 0.15) is 6.61 Å². The molecule has 2 aromatic carbocycles. The van der Waals surface area contributed by atoms with Gasteiger partial charge in [-0.2, -0.15) is 0 Å². The lowest BCUT2D eigenvalue weighted by molar-refractivity contribution is -0.137. The first-order chi connectivity index (χ1) is 15.4. The highest BCUT2D eigenvalue weighted by atomic mass is 16.5. The van der Waals surface area contributed by atoms with Crippen LogP contribution in [-0.4, -0.2) is 55.5 Å². The number of alkyl carbamates (subject to hydrolysis) is 1. The van der Waals surface area contributed by atoms with Crippen molar-refractivity contribution in [2.24, 2.45) is 0 Å². The van der Waals surface area contributed by atoms with E-state index >= 15 is 0 Å². The molecule has 3 rings (SSSR count). The predicted octanol–water partition coefficient (Wildman–Crippen LogP) is 2.91. The van der Waals surface area contributed by atoms with Crippen LogP contribution in [0.15, 0.2) is 48.5 Å². The van der Waals surface area contributed by atoms with E-state index in [0.29, 0.717) is 0 Å². The molecule has 8 nitrogen and oxygen atoms in total. The number of carboxylic acids is 1. The van der Waals surface area contributed by atoms with Gasteiger partial charge in [-0.1, -0.05) is 48.5 Å². The van der Waals surface area contributed by atoms with Gasteiger partial charge in [-0.25, -0.2) is 4.79 Å². The first-order valence-corrected chi connectivity index (χ1v) is 10.5. The molecule has 3 N–H and O–H groups in total. The van der Waals surface area contributed by atoms with Crippen LogP contribution in [0.5, 0.6) is 0 Å². The van der Waals surface area contributed by atoms with Crippen LogP contribution in [0.2, 0.25) is 0 Å². The highest BCUT2D eigenvalue weighted by molar-refractivity contribution is 5.79. The summed E-state index contributed by atoms with van der Waals surface area (Å²) in [6, 6.07) is 15.7. The minimum absolute atomic E-state index is 0.00981. The van der Waals surface area contributed by atoms with Gasteiger partial charge in [0.15, 0.2) is 0 Å². The van der Waals surface area contributed by atoms with E-state index in [1.807, 2.05) is 36.4 Å². The fourth-order valence-electron chi connectivity index (χ4n) is 3.94. The van der Waals surface area contributed by atoms with Crippen molar-refractivity contribution in [3.8, 4) is 11.1 Å². The standard InChI is InChI=1S/C24H28N2O6/c1-15(11-23(28)29)26-22(27)12-16(31-2)13-25-24(30)32-14-21-19-9-5-3-7-17(19)18-8-4-6-10-20(18)21/h3-10,15-16,21H,11-14H2,1-2H3,(H,25,30)(H,26,27)(H,28,29)/t15-,16?/m0/s1. The van der Waals surface area contributed by atoms with Crippen molar-refractivity contribution in [3.63, 3.8) is 0 Å². The lowest BCUT2D eigenvalue weighted by Gasteiger charge is -2.18. The number of ether oxygens (including phenoxy) is 2. The molecule has 0 saturated carbocycles. The molecule has 32 heavy (non-hydrogen) atoms. The molecule has 0 heterocycles. The van der Waals surface area contributed by atoms with Crippen LogP contribution >= 0.6 is 0 Å². The Balaban J connectivity index is 1.49. The summed E-state index contributed by atoms with van der Waals surface area (Å²) >= 11 is 0. The minimum atomic E-state index is -0.988. The van der Waals surface area contributed by atoms with Crippen LogP contribution in [0.1, 0.15) is 36.8 Å². The summed E-state index contributed by atoms with van der Waals surface area (Å²) in [7, 11) is 1.44. The second kappa shape index (κ2) is 10.8. The molecule has 0 bridgehead atoms. The van der Waals surface area contributed by atoms with Gasteiger partial charge in [0.2, 0.25) is 5.91 Å². The monoisotopic (exact) mass is 440 g/mol. The van der Waals surface area contributed by atoms with Crippen LogP contribution in [0, 0.1) is 0 Å². The topological polar surface area (TPSA) is 114 Å². The zero-order valence-corrected chi connectivity index (χ0v) is 18.2. The number of aliphatic carboxylic acids is 1. The molecule has 2 aromatic rings. The van der Waals surface area contributed by atoms with Gasteiger partial charge < -0.3 is 25.2 Å². The Bertz CT molecular complexity index is 931. The van der Waals surface area contributed by atoms with Gasteiger partial charge in [0, 0.05) is 25.6 Å². The maximum Gasteiger partial charge on any atom is 0.407 e. The summed E-state index contributed by atoms with van der Waals surface area (Å²) in [5.74, 6) is -1.37. The highest BCUT2D eigenvalue weighted by Gasteiger charge is 2.29. The number of carboxylic acid groups (broad SMARTS) is 1. The lowest BCUT2D eigenvalue weighted by atomic mass is 9.98. The molecule has 2 atom stereocenters. The van der Waals surface area contributed by atoms with E-state index in [0.717, 1.165) is 22.3 Å². The highest BCUT2D eigenvalue weighted by Crippen LogP contribution is 2.44. The molecule has 0 saturated heterocycles. The number of nitrogens with one attached hydrogen (secondary N) is 2. The van der Waals surface area contributed by atoms with Crippen LogP contribution in [0.4, 0.5) is 4.79 Å². The second-order valence-corrected chi connectivity index (χ2v) is 7.83. The van der Waals surface area contributed by atoms with Gasteiger partial charge in [0.05, 0.1) is 18.9 Å². The predicted molar refractivity (Wildman–Crippen MR) is 118 cm³/mol. The third kappa shape index (κ3) is 5.85. The number of hydrogen-bond donors (Lipinski definition) is 3. The van der Waals surface area contributed by atoms with E-state index in [1.165, 1.54) is 7.11 Å². The molecule has 1 aliphatic carbocycles. The third-order valence-corrected chi connectivity index (χ3v) is 5.45. The van der Waals surface area contributed by atoms with Crippen molar-refractivity contribution in [1.29, 1.82) is 0 Å². The molecule has 0 fully saturated rings. The summed E-state index contributed by atoms with van der Waals surface area (Å²) in [5, 5.41) is 14.0. The molecule has 0 spiro atoms. The Morgan fingerprint density at radius 3 is 2.16 bits per heavy atom. The Morgan fingerprint density at radius 2 is 1.59 bits per heavy atom. The van der Waals surface area contributed by atoms with Crippen molar-refractivity contribution < 1.29 is 29.0 Å². The van der Waals surface area contributed by atoms with Crippen molar-refractivity contribution in [1.82, 2.24) is 10.6 Å². The minimum Gasteiger partial charge on any atom is -0.481 e. The Kier molecular flexibility index (Phi) is 7.83. The number of fused-ring (bicyclic) bond motifs is 3. The molecule has 1 unspecified atom stereocenters. The number of methoxy groups -OCH3 is 1. The van der Waals surface area contributed by atoms with E-state index in [-0.39, 0.29) is 37.8 Å². The average Bonchev–Trinajstić information content (AvgIpc) is 3.08. The van der Waals surface area contributed by atoms with E-state index in [1.54, 1.807) is 6.92 Å². The van der Waals surface area contributed by atoms with Gasteiger partial charge in [-0.15, -0.1) is 0 Å². The third-order valence-electron chi connectivity index (χ3n) is 5.45. The number of carbonyl (C=O) groups excluding carboxylic acids is 2. The van der Waals surface area contributed by atoms with Crippen LogP contribution in [0.3, 0.4) is 0 Å². The fraction of sp³-hybridized carbons (Fsp3) is 0.375. The molecule has 0 radical (unpaired) electrons. The van der Waals surface area contributed by atoms with Gasteiger partial charge in [-0.3, -0.25) is 9.59 Å². The number of benzene rings is 2. The molecule has 2 amide bonds. The van der Waals surface area contributed by atoms with Crippen LogP contribution < -0.4 is 10.6 Å². The van der Waals surface area contributed by atoms with Crippen molar-refractivity contribution in [2.75, 3.05) is 20.3 Å². The summed E-state index contributed by atoms with van der Waals surface area (Å²) in [4.78, 5) is 35.0. The maximum atomic E-state index is 12.3. The zero-order valence-electron chi connectivity index (χ0n) is 18.2. The Hall–Kier alpha value is -3.39. The second-order valence-electron chi connectivity index (χ2n) is 7.83. The van der Waals surface area contributed by atoms with Gasteiger partial charge in [-0.05, 0) is 29.2 Å². The zero-order chi connectivity index (χ0) is 23.1. The molecular weight excluding hydrogens is 412 g/mol.